The first-order chi connectivity index (χ1) is 7.61. The molecule has 0 aliphatic heterocycles. The average Bonchev–Trinajstić information content (AvgIpc) is 2.83. The van der Waals surface area contributed by atoms with Gasteiger partial charge in [-0.15, -0.1) is 24.8 Å². The third-order valence-electron chi connectivity index (χ3n) is 3.55. The molecule has 18 heavy (non-hydrogen) atoms. The number of allylic oxidation sites excluding steroid dienone is 8. The van der Waals surface area contributed by atoms with Crippen LogP contribution >= 0.6 is 24.8 Å². The Labute approximate surface area is 131 Å². The van der Waals surface area contributed by atoms with Crippen molar-refractivity contribution in [3.05, 3.63) is 42.0 Å². The van der Waals surface area contributed by atoms with Crippen LogP contribution < -0.4 is 0 Å². The normalized spacial score (nSPS) is 16.9. The summed E-state index contributed by atoms with van der Waals surface area (Å²) in [4.78, 5) is 0. The van der Waals surface area contributed by atoms with Crippen LogP contribution in [0.4, 0.5) is 0 Å². The zero-order valence-electron chi connectivity index (χ0n) is 11.5. The Bertz CT molecular complexity index is 473. The molecule has 0 aromatic carbocycles. The molecule has 0 heterocycles. The van der Waals surface area contributed by atoms with Crippen molar-refractivity contribution in [3.8, 4) is 0 Å². The van der Waals surface area contributed by atoms with E-state index in [1.807, 2.05) is 3.28 Å². The number of rotatable bonds is 2. The van der Waals surface area contributed by atoms with E-state index < -0.39 is 21.3 Å². The van der Waals surface area contributed by atoms with E-state index in [2.05, 4.69) is 52.0 Å². The zero-order valence-corrected chi connectivity index (χ0v) is 15.6. The smallest absolute Gasteiger partial charge is 0.147 e. The minimum absolute atomic E-state index is 0. The summed E-state index contributed by atoms with van der Waals surface area (Å²) in [6.07, 6.45) is 11.8. The minimum atomic E-state index is -1.61. The van der Waals surface area contributed by atoms with Crippen LogP contribution in [0.1, 0.15) is 40.5 Å². The van der Waals surface area contributed by atoms with Crippen molar-refractivity contribution in [1.29, 1.82) is 0 Å². The maximum atomic E-state index is 2.41. The van der Waals surface area contributed by atoms with Crippen LogP contribution in [0.2, 0.25) is 0 Å². The summed E-state index contributed by atoms with van der Waals surface area (Å²) >= 11 is -1.61. The second-order valence-electron chi connectivity index (χ2n) is 4.89. The van der Waals surface area contributed by atoms with Gasteiger partial charge in [-0.25, -0.2) is 0 Å². The summed E-state index contributed by atoms with van der Waals surface area (Å²) < 4.78 is 5.30. The van der Waals surface area contributed by atoms with Crippen molar-refractivity contribution in [3.63, 3.8) is 0 Å². The SMILES string of the molecule is CC1=CC[C]([Zr]([C]2=CC=CC2)=[C](C)C)=C1C.Cl.Cl. The van der Waals surface area contributed by atoms with E-state index in [1.54, 1.807) is 12.1 Å². The Morgan fingerprint density at radius 1 is 1.11 bits per heavy atom. The zero-order chi connectivity index (χ0) is 11.7. The molecule has 0 radical (unpaired) electrons. The van der Waals surface area contributed by atoms with E-state index in [-0.39, 0.29) is 24.8 Å². The van der Waals surface area contributed by atoms with Crippen molar-refractivity contribution in [2.45, 2.75) is 40.5 Å². The van der Waals surface area contributed by atoms with E-state index in [0.29, 0.717) is 0 Å². The molecule has 0 unspecified atom stereocenters. The molecule has 0 amide bonds. The molecule has 0 N–H and O–H groups in total. The van der Waals surface area contributed by atoms with Crippen LogP contribution in [-0.2, 0) is 21.3 Å². The monoisotopic (exact) mass is 362 g/mol. The van der Waals surface area contributed by atoms with Gasteiger partial charge in [0.15, 0.2) is 0 Å². The van der Waals surface area contributed by atoms with Crippen molar-refractivity contribution in [2.24, 2.45) is 0 Å². The average molecular weight is 364 g/mol. The maximum Gasteiger partial charge on any atom is -0.147 e. The van der Waals surface area contributed by atoms with Gasteiger partial charge < -0.3 is 0 Å². The van der Waals surface area contributed by atoms with Crippen LogP contribution in [-0.4, -0.2) is 3.21 Å². The molecule has 0 bridgehead atoms. The fraction of sp³-hybridized carbons (Fsp3) is 0.400. The maximum absolute atomic E-state index is 2.41. The summed E-state index contributed by atoms with van der Waals surface area (Å²) in [5, 5.41) is 0. The molecule has 100 valence electrons. The molecular formula is C15H22Cl2Zr. The number of hydrogen-bond acceptors (Lipinski definition) is 0. The van der Waals surface area contributed by atoms with Gasteiger partial charge in [0.05, 0.1) is 0 Å². The second kappa shape index (κ2) is 7.78. The summed E-state index contributed by atoms with van der Waals surface area (Å²) in [5.74, 6) is 0. The summed E-state index contributed by atoms with van der Waals surface area (Å²) in [6.45, 7) is 9.28. The van der Waals surface area contributed by atoms with Gasteiger partial charge in [0.2, 0.25) is 0 Å². The summed E-state index contributed by atoms with van der Waals surface area (Å²) in [6, 6.07) is 0. The first-order valence-electron chi connectivity index (χ1n) is 6.02. The number of hydrogen-bond donors (Lipinski definition) is 0. The topological polar surface area (TPSA) is 0 Å². The summed E-state index contributed by atoms with van der Waals surface area (Å²) in [5.41, 5.74) is 3.12. The Hall–Kier alpha value is 0.293. The van der Waals surface area contributed by atoms with E-state index in [9.17, 15) is 0 Å². The van der Waals surface area contributed by atoms with Crippen LogP contribution in [0.5, 0.6) is 0 Å². The third-order valence-corrected chi connectivity index (χ3v) is 11.4. The molecule has 3 heteroatoms. The van der Waals surface area contributed by atoms with Gasteiger partial charge in [-0.3, -0.25) is 0 Å². The number of halogens is 2. The molecule has 0 atom stereocenters. The third kappa shape index (κ3) is 3.65. The van der Waals surface area contributed by atoms with Gasteiger partial charge in [-0.1, -0.05) is 0 Å². The van der Waals surface area contributed by atoms with Crippen LogP contribution in [0.25, 0.3) is 0 Å². The molecule has 2 aliphatic carbocycles. The van der Waals surface area contributed by atoms with Crippen molar-refractivity contribution < 1.29 is 21.3 Å². The predicted octanol–water partition coefficient (Wildman–Crippen LogP) is 5.13. The van der Waals surface area contributed by atoms with Crippen LogP contribution in [0.15, 0.2) is 42.0 Å². The molecular weight excluding hydrogens is 342 g/mol. The second-order valence-corrected chi connectivity index (χ2v) is 12.3. The van der Waals surface area contributed by atoms with Gasteiger partial charge in [0, 0.05) is 0 Å². The van der Waals surface area contributed by atoms with E-state index >= 15 is 0 Å². The standard InChI is InChI=1S/C7H9.C5H5.C3H6.2ClH.Zr/c1-6-4-3-5-7(6)2;1-2-4-5-3-1;1-3-2;;;/h4H,3H2,1-2H3;1-3H,4H2;1-2H3;2*1H;. The molecule has 2 rings (SSSR count). The Morgan fingerprint density at radius 3 is 2.17 bits per heavy atom. The van der Waals surface area contributed by atoms with Gasteiger partial charge in [0.25, 0.3) is 0 Å². The molecule has 0 saturated carbocycles. The van der Waals surface area contributed by atoms with Gasteiger partial charge in [0.1, 0.15) is 0 Å². The van der Waals surface area contributed by atoms with E-state index in [0.717, 1.165) is 0 Å². The molecule has 0 aromatic heterocycles. The van der Waals surface area contributed by atoms with Gasteiger partial charge >= 0.3 is 107 Å². The van der Waals surface area contributed by atoms with Crippen LogP contribution in [0.3, 0.4) is 0 Å². The Kier molecular flexibility index (Phi) is 7.91. The van der Waals surface area contributed by atoms with E-state index in [4.69, 9.17) is 0 Å². The Balaban J connectivity index is 0.00000144. The first kappa shape index (κ1) is 18.3. The quantitative estimate of drug-likeness (QED) is 0.637. The molecule has 0 aromatic rings. The summed E-state index contributed by atoms with van der Waals surface area (Å²) in [7, 11) is 0. The van der Waals surface area contributed by atoms with Crippen LogP contribution in [0, 0.1) is 0 Å². The fourth-order valence-electron chi connectivity index (χ4n) is 2.54. The molecule has 0 nitrogen and oxygen atoms in total. The fourth-order valence-corrected chi connectivity index (χ4v) is 10.1. The molecule has 0 fully saturated rings. The van der Waals surface area contributed by atoms with Crippen molar-refractivity contribution in [1.82, 2.24) is 0 Å². The van der Waals surface area contributed by atoms with E-state index in [1.165, 1.54) is 18.4 Å². The van der Waals surface area contributed by atoms with Crippen molar-refractivity contribution in [2.75, 3.05) is 0 Å². The first-order valence-corrected chi connectivity index (χ1v) is 9.70. The van der Waals surface area contributed by atoms with Crippen molar-refractivity contribution >= 4 is 28.0 Å². The molecule has 2 aliphatic rings. The predicted molar refractivity (Wildman–Crippen MR) is 83.8 cm³/mol. The largest absolute Gasteiger partial charge is 0.147 e. The molecule has 0 spiro atoms. The molecule has 0 saturated heterocycles. The van der Waals surface area contributed by atoms with Gasteiger partial charge in [-0.2, -0.15) is 0 Å². The Morgan fingerprint density at radius 2 is 1.78 bits per heavy atom. The van der Waals surface area contributed by atoms with Gasteiger partial charge in [-0.05, 0) is 0 Å². The minimum Gasteiger partial charge on any atom is -0.147 e.